The summed E-state index contributed by atoms with van der Waals surface area (Å²) in [5.74, 6) is 1.55. The number of carbonyl (C=O) groups is 1. The number of ether oxygens (including phenoxy) is 1. The van der Waals surface area contributed by atoms with Gasteiger partial charge in [-0.2, -0.15) is 4.68 Å². The fourth-order valence-corrected chi connectivity index (χ4v) is 4.62. The second-order valence-corrected chi connectivity index (χ2v) is 8.80. The number of hydrogen-bond acceptors (Lipinski definition) is 9. The minimum Gasteiger partial charge on any atom is -0.494 e. The molecule has 1 aliphatic rings. The van der Waals surface area contributed by atoms with Gasteiger partial charge in [-0.25, -0.2) is 9.97 Å². The van der Waals surface area contributed by atoms with Crippen LogP contribution in [-0.2, 0) is 4.79 Å². The minimum absolute atomic E-state index is 0.0909. The van der Waals surface area contributed by atoms with Crippen LogP contribution in [0.3, 0.4) is 0 Å². The first-order chi connectivity index (χ1) is 15.6. The molecule has 1 fully saturated rings. The van der Waals surface area contributed by atoms with E-state index in [2.05, 4.69) is 30.4 Å². The van der Waals surface area contributed by atoms with Crippen LogP contribution in [-0.4, -0.2) is 79.5 Å². The van der Waals surface area contributed by atoms with E-state index in [1.165, 1.54) is 11.8 Å². The zero-order chi connectivity index (χ0) is 22.5. The Bertz CT molecular complexity index is 1040. The van der Waals surface area contributed by atoms with Gasteiger partial charge in [-0.1, -0.05) is 37.7 Å². The largest absolute Gasteiger partial charge is 0.494 e. The quantitative estimate of drug-likeness (QED) is 0.495. The van der Waals surface area contributed by atoms with Crippen molar-refractivity contribution in [3.8, 4) is 11.4 Å². The van der Waals surface area contributed by atoms with Crippen LogP contribution >= 0.6 is 11.8 Å². The van der Waals surface area contributed by atoms with Crippen LogP contribution in [0.15, 0.2) is 47.9 Å². The van der Waals surface area contributed by atoms with E-state index in [-0.39, 0.29) is 17.1 Å². The second kappa shape index (κ2) is 9.94. The summed E-state index contributed by atoms with van der Waals surface area (Å²) in [6.07, 6.45) is 3.47. The molecule has 1 saturated heterocycles. The van der Waals surface area contributed by atoms with Gasteiger partial charge in [0.1, 0.15) is 11.4 Å². The highest BCUT2D eigenvalue weighted by Crippen LogP contribution is 2.31. The zero-order valence-corrected chi connectivity index (χ0v) is 19.1. The lowest BCUT2D eigenvalue weighted by Crippen LogP contribution is -2.52. The number of piperazine rings is 1. The van der Waals surface area contributed by atoms with E-state index >= 15 is 0 Å². The molecule has 1 aliphatic heterocycles. The normalized spacial score (nSPS) is 15.1. The number of aromatic nitrogens is 6. The number of thioether (sulfide) groups is 1. The van der Waals surface area contributed by atoms with E-state index < -0.39 is 0 Å². The van der Waals surface area contributed by atoms with Crippen molar-refractivity contribution in [2.24, 2.45) is 5.92 Å². The van der Waals surface area contributed by atoms with Crippen LogP contribution in [0.4, 0.5) is 5.95 Å². The number of amides is 1. The van der Waals surface area contributed by atoms with Gasteiger partial charge in [-0.3, -0.25) is 4.79 Å². The summed E-state index contributed by atoms with van der Waals surface area (Å²) in [4.78, 5) is 26.1. The molecule has 1 atom stereocenters. The maximum atomic E-state index is 13.4. The molecule has 32 heavy (non-hydrogen) atoms. The minimum atomic E-state index is -0.311. The van der Waals surface area contributed by atoms with E-state index in [0.717, 1.165) is 5.69 Å². The maximum absolute atomic E-state index is 13.4. The van der Waals surface area contributed by atoms with Crippen molar-refractivity contribution in [2.75, 3.05) is 38.2 Å². The average molecular weight is 455 g/mol. The molecule has 0 aliphatic carbocycles. The number of tetrazole rings is 1. The Kier molecular flexibility index (Phi) is 6.84. The third-order valence-corrected chi connectivity index (χ3v) is 6.73. The first-order valence-electron chi connectivity index (χ1n) is 10.5. The molecule has 0 saturated carbocycles. The zero-order valence-electron chi connectivity index (χ0n) is 18.3. The highest BCUT2D eigenvalue weighted by atomic mass is 32.2. The van der Waals surface area contributed by atoms with E-state index in [1.807, 2.05) is 43.0 Å². The predicted molar refractivity (Wildman–Crippen MR) is 121 cm³/mol. The summed E-state index contributed by atoms with van der Waals surface area (Å²) >= 11 is 1.38. The Morgan fingerprint density at radius 2 is 1.78 bits per heavy atom. The van der Waals surface area contributed by atoms with Gasteiger partial charge < -0.3 is 14.5 Å². The molecular formula is C21H26N8O2S. The van der Waals surface area contributed by atoms with Crippen molar-refractivity contribution in [1.82, 2.24) is 35.1 Å². The first kappa shape index (κ1) is 22.0. The number of carbonyl (C=O) groups excluding carboxylic acids is 1. The number of nitrogens with zero attached hydrogens (tertiary/aromatic N) is 8. The molecule has 1 amide bonds. The van der Waals surface area contributed by atoms with Gasteiger partial charge in [0.05, 0.1) is 12.4 Å². The Balaban J connectivity index is 1.47. The Morgan fingerprint density at radius 1 is 1.06 bits per heavy atom. The van der Waals surface area contributed by atoms with Crippen molar-refractivity contribution < 1.29 is 9.53 Å². The Hall–Kier alpha value is -3.21. The monoisotopic (exact) mass is 454 g/mol. The summed E-state index contributed by atoms with van der Waals surface area (Å²) < 4.78 is 7.07. The summed E-state index contributed by atoms with van der Waals surface area (Å²) in [5.41, 5.74) is 0.730. The summed E-state index contributed by atoms with van der Waals surface area (Å²) in [6.45, 7) is 6.73. The van der Waals surface area contributed by atoms with Gasteiger partial charge >= 0.3 is 0 Å². The lowest BCUT2D eigenvalue weighted by Gasteiger charge is -2.36. The van der Waals surface area contributed by atoms with Gasteiger partial charge in [0.25, 0.3) is 0 Å². The van der Waals surface area contributed by atoms with Gasteiger partial charge in [-0.15, -0.1) is 5.10 Å². The fourth-order valence-electron chi connectivity index (χ4n) is 3.55. The van der Waals surface area contributed by atoms with Crippen molar-refractivity contribution in [3.05, 3.63) is 42.7 Å². The number of para-hydroxylation sites is 2. The van der Waals surface area contributed by atoms with Gasteiger partial charge in [0.2, 0.25) is 17.0 Å². The molecule has 0 N–H and O–H groups in total. The molecule has 10 nitrogen and oxygen atoms in total. The Labute approximate surface area is 191 Å². The highest BCUT2D eigenvalue weighted by Gasteiger charge is 2.32. The standard InChI is InChI=1S/C21H26N8O2S/c1-15(2)18(19(30)27-11-13-28(14-12-27)20-22-9-6-10-23-20)32-21-24-25-26-29(21)16-7-4-5-8-17(16)31-3/h4-10,15,18H,11-14H2,1-3H3/t18-/m0/s1. The van der Waals surface area contributed by atoms with Crippen LogP contribution < -0.4 is 9.64 Å². The third kappa shape index (κ3) is 4.67. The highest BCUT2D eigenvalue weighted by molar-refractivity contribution is 8.00. The molecule has 0 bridgehead atoms. The molecular weight excluding hydrogens is 428 g/mol. The van der Waals surface area contributed by atoms with Gasteiger partial charge in [0, 0.05) is 38.6 Å². The number of hydrogen-bond donors (Lipinski definition) is 0. The van der Waals surface area contributed by atoms with Crippen molar-refractivity contribution in [3.63, 3.8) is 0 Å². The van der Waals surface area contributed by atoms with Gasteiger partial charge in [-0.05, 0) is 34.5 Å². The van der Waals surface area contributed by atoms with E-state index in [0.29, 0.717) is 43.0 Å². The first-order valence-corrected chi connectivity index (χ1v) is 11.4. The van der Waals surface area contributed by atoms with Crippen LogP contribution in [0, 0.1) is 5.92 Å². The molecule has 2 aromatic heterocycles. The molecule has 1 aromatic carbocycles. The van der Waals surface area contributed by atoms with Gasteiger partial charge in [0.15, 0.2) is 0 Å². The number of methoxy groups -OCH3 is 1. The van der Waals surface area contributed by atoms with Crippen molar-refractivity contribution in [1.29, 1.82) is 0 Å². The smallest absolute Gasteiger partial charge is 0.236 e. The van der Waals surface area contributed by atoms with Crippen molar-refractivity contribution in [2.45, 2.75) is 24.3 Å². The van der Waals surface area contributed by atoms with Crippen LogP contribution in [0.2, 0.25) is 0 Å². The molecule has 4 rings (SSSR count). The average Bonchev–Trinajstić information content (AvgIpc) is 3.30. The SMILES string of the molecule is COc1ccccc1-n1nnnc1S[C@H](C(=O)N1CCN(c2ncccn2)CC1)C(C)C. The van der Waals surface area contributed by atoms with Crippen LogP contribution in [0.1, 0.15) is 13.8 Å². The van der Waals surface area contributed by atoms with Crippen LogP contribution in [0.25, 0.3) is 5.69 Å². The summed E-state index contributed by atoms with van der Waals surface area (Å²) in [7, 11) is 1.61. The number of benzene rings is 1. The summed E-state index contributed by atoms with van der Waals surface area (Å²) in [6, 6.07) is 9.32. The van der Waals surface area contributed by atoms with E-state index in [1.54, 1.807) is 30.3 Å². The molecule has 3 aromatic rings. The molecule has 0 spiro atoms. The third-order valence-electron chi connectivity index (χ3n) is 5.26. The number of anilines is 1. The Morgan fingerprint density at radius 3 is 2.47 bits per heavy atom. The lowest BCUT2D eigenvalue weighted by molar-refractivity contribution is -0.131. The molecule has 168 valence electrons. The maximum Gasteiger partial charge on any atom is 0.236 e. The van der Waals surface area contributed by atoms with Crippen LogP contribution in [0.5, 0.6) is 5.75 Å². The van der Waals surface area contributed by atoms with E-state index in [4.69, 9.17) is 4.74 Å². The predicted octanol–water partition coefficient (Wildman–Crippen LogP) is 1.93. The second-order valence-electron chi connectivity index (χ2n) is 7.69. The molecule has 0 radical (unpaired) electrons. The summed E-state index contributed by atoms with van der Waals surface area (Å²) in [5, 5.41) is 12.4. The van der Waals surface area contributed by atoms with Crippen molar-refractivity contribution >= 4 is 23.6 Å². The van der Waals surface area contributed by atoms with E-state index in [9.17, 15) is 4.79 Å². The number of rotatable bonds is 7. The topological polar surface area (TPSA) is 102 Å². The molecule has 0 unspecified atom stereocenters. The molecule has 3 heterocycles. The lowest BCUT2D eigenvalue weighted by atomic mass is 10.1. The fraction of sp³-hybridized carbons (Fsp3) is 0.429. The molecule has 11 heteroatoms.